The Kier molecular flexibility index (Phi) is 6.64. The maximum Gasteiger partial charge on any atom is 0.260 e. The van der Waals surface area contributed by atoms with Crippen LogP contribution in [0.25, 0.3) is 0 Å². The summed E-state index contributed by atoms with van der Waals surface area (Å²) in [5.41, 5.74) is 0. The van der Waals surface area contributed by atoms with Gasteiger partial charge in [0.15, 0.2) is 6.10 Å². The summed E-state index contributed by atoms with van der Waals surface area (Å²) in [6, 6.07) is 4.13. The quantitative estimate of drug-likeness (QED) is 0.806. The van der Waals surface area contributed by atoms with Gasteiger partial charge in [0.05, 0.1) is 4.47 Å². The third-order valence-corrected chi connectivity index (χ3v) is 4.44. The van der Waals surface area contributed by atoms with E-state index in [0.29, 0.717) is 22.7 Å². The Morgan fingerprint density at radius 1 is 1.59 bits per heavy atom. The molecule has 1 aromatic carbocycles. The third kappa shape index (κ3) is 5.25. The number of amides is 1. The highest BCUT2D eigenvalue weighted by Crippen LogP contribution is 2.26. The fraction of sp³-hybridized carbons (Fsp3) is 0.562. The zero-order chi connectivity index (χ0) is 15.9. The molecule has 1 heterocycles. The maximum atomic E-state index is 13.0. The van der Waals surface area contributed by atoms with Gasteiger partial charge in [0.25, 0.3) is 5.91 Å². The van der Waals surface area contributed by atoms with Crippen LogP contribution in [0.1, 0.15) is 26.2 Å². The lowest BCUT2D eigenvalue weighted by Crippen LogP contribution is -2.38. The van der Waals surface area contributed by atoms with Crippen LogP contribution in [-0.2, 0) is 4.79 Å². The molecule has 0 saturated carbocycles. The second-order valence-corrected chi connectivity index (χ2v) is 6.48. The van der Waals surface area contributed by atoms with Gasteiger partial charge in [-0.05, 0) is 79.3 Å². The minimum absolute atomic E-state index is 0.153. The minimum Gasteiger partial charge on any atom is -0.480 e. The molecule has 0 aromatic heterocycles. The Morgan fingerprint density at radius 2 is 2.41 bits per heavy atom. The molecule has 0 bridgehead atoms. The molecule has 22 heavy (non-hydrogen) atoms. The highest BCUT2D eigenvalue weighted by atomic mass is 79.9. The van der Waals surface area contributed by atoms with Gasteiger partial charge in [0.2, 0.25) is 0 Å². The average molecular weight is 373 g/mol. The normalized spacial score (nSPS) is 19.5. The Morgan fingerprint density at radius 3 is 3.09 bits per heavy atom. The van der Waals surface area contributed by atoms with Crippen LogP contribution in [0.2, 0.25) is 0 Å². The van der Waals surface area contributed by atoms with Crippen LogP contribution in [0.4, 0.5) is 4.39 Å². The molecule has 6 heteroatoms. The van der Waals surface area contributed by atoms with E-state index >= 15 is 0 Å². The highest BCUT2D eigenvalue weighted by molar-refractivity contribution is 9.10. The SMILES string of the molecule is CC(Oc1ccc(F)cc1Br)C(=O)NCCC1CCCNC1. The summed E-state index contributed by atoms with van der Waals surface area (Å²) in [5.74, 6) is 0.592. The Hall–Kier alpha value is -1.14. The molecule has 2 N–H and O–H groups in total. The van der Waals surface area contributed by atoms with Gasteiger partial charge in [-0.25, -0.2) is 4.39 Å². The molecule has 4 nitrogen and oxygen atoms in total. The molecule has 0 radical (unpaired) electrons. The molecule has 1 saturated heterocycles. The van der Waals surface area contributed by atoms with Gasteiger partial charge in [-0.1, -0.05) is 0 Å². The van der Waals surface area contributed by atoms with Crippen LogP contribution < -0.4 is 15.4 Å². The first-order valence-electron chi connectivity index (χ1n) is 7.66. The van der Waals surface area contributed by atoms with E-state index in [0.717, 1.165) is 19.5 Å². The van der Waals surface area contributed by atoms with Crippen molar-refractivity contribution in [3.8, 4) is 5.75 Å². The summed E-state index contributed by atoms with van der Waals surface area (Å²) in [5, 5.41) is 6.27. The Bertz CT molecular complexity index is 507. The number of rotatable bonds is 6. The second kappa shape index (κ2) is 8.48. The van der Waals surface area contributed by atoms with Crippen molar-refractivity contribution >= 4 is 21.8 Å². The Labute approximate surface area is 138 Å². The lowest BCUT2D eigenvalue weighted by Gasteiger charge is -2.23. The van der Waals surface area contributed by atoms with E-state index in [1.54, 1.807) is 6.92 Å². The van der Waals surface area contributed by atoms with E-state index in [4.69, 9.17) is 4.74 Å². The molecule has 1 aromatic rings. The van der Waals surface area contributed by atoms with Gasteiger partial charge in [-0.2, -0.15) is 0 Å². The third-order valence-electron chi connectivity index (χ3n) is 3.82. The number of carbonyl (C=O) groups is 1. The fourth-order valence-electron chi connectivity index (χ4n) is 2.53. The Balaban J connectivity index is 1.74. The topological polar surface area (TPSA) is 50.4 Å². The van der Waals surface area contributed by atoms with E-state index in [2.05, 4.69) is 26.6 Å². The molecular weight excluding hydrogens is 351 g/mol. The number of halogens is 2. The number of carbonyl (C=O) groups excluding carboxylic acids is 1. The first-order valence-corrected chi connectivity index (χ1v) is 8.45. The molecule has 1 fully saturated rings. The number of ether oxygens (including phenoxy) is 1. The summed E-state index contributed by atoms with van der Waals surface area (Å²) in [4.78, 5) is 12.0. The standard InChI is InChI=1S/C16H22BrFN2O2/c1-11(22-15-5-4-13(18)9-14(15)17)16(21)20-8-6-12-3-2-7-19-10-12/h4-5,9,11-12,19H,2-3,6-8,10H2,1H3,(H,20,21). The molecule has 0 spiro atoms. The van der Waals surface area contributed by atoms with Crippen molar-refractivity contribution in [1.82, 2.24) is 10.6 Å². The van der Waals surface area contributed by atoms with Crippen molar-refractivity contribution in [3.63, 3.8) is 0 Å². The molecular formula is C16H22BrFN2O2. The molecule has 1 amide bonds. The van der Waals surface area contributed by atoms with Gasteiger partial charge in [-0.15, -0.1) is 0 Å². The van der Waals surface area contributed by atoms with E-state index < -0.39 is 6.10 Å². The van der Waals surface area contributed by atoms with Gasteiger partial charge >= 0.3 is 0 Å². The molecule has 122 valence electrons. The zero-order valence-electron chi connectivity index (χ0n) is 12.7. The minimum atomic E-state index is -0.619. The summed E-state index contributed by atoms with van der Waals surface area (Å²) in [7, 11) is 0. The summed E-state index contributed by atoms with van der Waals surface area (Å²) in [6.07, 6.45) is 2.78. The van der Waals surface area contributed by atoms with Crippen LogP contribution in [0.15, 0.2) is 22.7 Å². The molecule has 1 aliphatic heterocycles. The van der Waals surface area contributed by atoms with Crippen LogP contribution in [-0.4, -0.2) is 31.6 Å². The largest absolute Gasteiger partial charge is 0.480 e. The van der Waals surface area contributed by atoms with E-state index in [-0.39, 0.29) is 11.7 Å². The highest BCUT2D eigenvalue weighted by Gasteiger charge is 2.17. The van der Waals surface area contributed by atoms with Crippen molar-refractivity contribution in [2.75, 3.05) is 19.6 Å². The van der Waals surface area contributed by atoms with Gasteiger partial charge in [0.1, 0.15) is 11.6 Å². The van der Waals surface area contributed by atoms with Crippen molar-refractivity contribution in [1.29, 1.82) is 0 Å². The molecule has 2 atom stereocenters. The van der Waals surface area contributed by atoms with E-state index in [1.807, 2.05) is 0 Å². The molecule has 1 aliphatic rings. The number of benzene rings is 1. The van der Waals surface area contributed by atoms with Gasteiger partial charge < -0.3 is 15.4 Å². The predicted molar refractivity (Wildman–Crippen MR) is 87.4 cm³/mol. The molecule has 0 aliphatic carbocycles. The van der Waals surface area contributed by atoms with Crippen molar-refractivity contribution in [2.24, 2.45) is 5.92 Å². The van der Waals surface area contributed by atoms with Crippen molar-refractivity contribution < 1.29 is 13.9 Å². The second-order valence-electron chi connectivity index (χ2n) is 5.63. The lowest BCUT2D eigenvalue weighted by molar-refractivity contribution is -0.127. The van der Waals surface area contributed by atoms with Crippen LogP contribution >= 0.6 is 15.9 Å². The smallest absolute Gasteiger partial charge is 0.260 e. The number of hydrogen-bond acceptors (Lipinski definition) is 3. The van der Waals surface area contributed by atoms with Crippen LogP contribution in [0.5, 0.6) is 5.75 Å². The first-order chi connectivity index (χ1) is 10.6. The average Bonchev–Trinajstić information content (AvgIpc) is 2.51. The number of piperidine rings is 1. The van der Waals surface area contributed by atoms with Crippen molar-refractivity contribution in [2.45, 2.75) is 32.3 Å². The summed E-state index contributed by atoms with van der Waals surface area (Å²) < 4.78 is 19.1. The monoisotopic (exact) mass is 372 g/mol. The predicted octanol–water partition coefficient (Wildman–Crippen LogP) is 2.86. The van der Waals surface area contributed by atoms with Crippen LogP contribution in [0.3, 0.4) is 0 Å². The number of nitrogens with one attached hydrogen (secondary N) is 2. The van der Waals surface area contributed by atoms with E-state index in [1.165, 1.54) is 31.0 Å². The van der Waals surface area contributed by atoms with Gasteiger partial charge in [0, 0.05) is 6.54 Å². The van der Waals surface area contributed by atoms with Gasteiger partial charge in [-0.3, -0.25) is 4.79 Å². The fourth-order valence-corrected chi connectivity index (χ4v) is 2.97. The maximum absolute atomic E-state index is 13.0. The first kappa shape index (κ1) is 17.2. The summed E-state index contributed by atoms with van der Waals surface area (Å²) >= 11 is 3.23. The van der Waals surface area contributed by atoms with E-state index in [9.17, 15) is 9.18 Å². The van der Waals surface area contributed by atoms with Crippen molar-refractivity contribution in [3.05, 3.63) is 28.5 Å². The molecule has 2 rings (SSSR count). The number of hydrogen-bond donors (Lipinski definition) is 2. The molecule has 2 unspecified atom stereocenters. The van der Waals surface area contributed by atoms with Crippen LogP contribution in [0, 0.1) is 11.7 Å². The lowest BCUT2D eigenvalue weighted by atomic mass is 9.96. The zero-order valence-corrected chi connectivity index (χ0v) is 14.3. The summed E-state index contributed by atoms with van der Waals surface area (Å²) in [6.45, 7) is 4.47.